The van der Waals surface area contributed by atoms with Crippen molar-refractivity contribution in [1.82, 2.24) is 4.98 Å². The minimum absolute atomic E-state index is 0.134. The summed E-state index contributed by atoms with van der Waals surface area (Å²) in [6.45, 7) is 1.85. The van der Waals surface area contributed by atoms with Gasteiger partial charge in [-0.3, -0.25) is 9.98 Å². The van der Waals surface area contributed by atoms with E-state index in [1.165, 1.54) is 18.5 Å². The highest BCUT2D eigenvalue weighted by Crippen LogP contribution is 2.30. The summed E-state index contributed by atoms with van der Waals surface area (Å²) in [5.41, 5.74) is 2.62. The lowest BCUT2D eigenvalue weighted by molar-refractivity contribution is -0.132. The molecule has 1 aromatic heterocycles. The summed E-state index contributed by atoms with van der Waals surface area (Å²) < 4.78 is 14.1. The standard InChI is InChI=1S/C19H14FN3O2/c1-11-2-4-16(20)14(6-11)15-10-23-18(7-13(15)8-21)17-5-3-12(9-22-17)19(24)25/h2-4,6-7,9-10,17H,5H2,1H3,(H,24,25). The predicted octanol–water partition coefficient (Wildman–Crippen LogP) is 3.59. The van der Waals surface area contributed by atoms with Crippen molar-refractivity contribution < 1.29 is 14.3 Å². The highest BCUT2D eigenvalue weighted by Gasteiger charge is 2.19. The molecule has 0 aliphatic carbocycles. The van der Waals surface area contributed by atoms with Crippen LogP contribution < -0.4 is 0 Å². The molecule has 1 aromatic carbocycles. The first-order chi connectivity index (χ1) is 12.0. The molecule has 1 aliphatic rings. The van der Waals surface area contributed by atoms with Crippen LogP contribution in [0.4, 0.5) is 4.39 Å². The second-order valence-electron chi connectivity index (χ2n) is 5.74. The molecule has 0 bridgehead atoms. The number of aryl methyl sites for hydroxylation is 1. The van der Waals surface area contributed by atoms with Crippen molar-refractivity contribution in [2.24, 2.45) is 4.99 Å². The van der Waals surface area contributed by atoms with Crippen molar-refractivity contribution in [1.29, 1.82) is 5.26 Å². The van der Waals surface area contributed by atoms with E-state index in [0.717, 1.165) is 5.56 Å². The zero-order valence-electron chi connectivity index (χ0n) is 13.4. The van der Waals surface area contributed by atoms with Crippen LogP contribution in [0.2, 0.25) is 0 Å². The van der Waals surface area contributed by atoms with Crippen LogP contribution >= 0.6 is 0 Å². The number of nitrogens with zero attached hydrogens (tertiary/aromatic N) is 3. The van der Waals surface area contributed by atoms with Crippen LogP contribution in [-0.2, 0) is 4.79 Å². The van der Waals surface area contributed by atoms with Gasteiger partial charge in [0, 0.05) is 23.5 Å². The Kier molecular flexibility index (Phi) is 4.40. The molecule has 2 aromatic rings. The first-order valence-corrected chi connectivity index (χ1v) is 7.63. The third kappa shape index (κ3) is 3.31. The van der Waals surface area contributed by atoms with E-state index in [1.54, 1.807) is 24.3 Å². The van der Waals surface area contributed by atoms with Crippen LogP contribution in [0.5, 0.6) is 0 Å². The highest BCUT2D eigenvalue weighted by molar-refractivity contribution is 6.08. The van der Waals surface area contributed by atoms with Gasteiger partial charge < -0.3 is 5.11 Å². The van der Waals surface area contributed by atoms with Crippen LogP contribution in [0, 0.1) is 24.1 Å². The number of aliphatic imine (C=N–C) groups is 1. The van der Waals surface area contributed by atoms with E-state index in [1.807, 2.05) is 6.92 Å². The molecule has 3 rings (SSSR count). The fourth-order valence-electron chi connectivity index (χ4n) is 2.67. The number of pyridine rings is 1. The quantitative estimate of drug-likeness (QED) is 0.928. The van der Waals surface area contributed by atoms with E-state index in [4.69, 9.17) is 5.11 Å². The van der Waals surface area contributed by atoms with Crippen molar-refractivity contribution >= 4 is 12.2 Å². The summed E-state index contributed by atoms with van der Waals surface area (Å²) in [5, 5.41) is 18.4. The SMILES string of the molecule is Cc1ccc(F)c(-c2cnc(C3CC=C(C(=O)O)C=N3)cc2C#N)c1. The van der Waals surface area contributed by atoms with Gasteiger partial charge >= 0.3 is 5.97 Å². The molecule has 6 heteroatoms. The molecule has 0 radical (unpaired) electrons. The van der Waals surface area contributed by atoms with E-state index in [2.05, 4.69) is 16.0 Å². The van der Waals surface area contributed by atoms with Gasteiger partial charge in [-0.25, -0.2) is 9.18 Å². The summed E-state index contributed by atoms with van der Waals surface area (Å²) >= 11 is 0. The third-order valence-electron chi connectivity index (χ3n) is 4.00. The molecule has 0 spiro atoms. The van der Waals surface area contributed by atoms with E-state index < -0.39 is 11.8 Å². The largest absolute Gasteiger partial charge is 0.478 e. The lowest BCUT2D eigenvalue weighted by atomic mass is 9.97. The Hall–Kier alpha value is -3.33. The van der Waals surface area contributed by atoms with E-state index in [9.17, 15) is 14.4 Å². The van der Waals surface area contributed by atoms with Gasteiger partial charge in [0.15, 0.2) is 0 Å². The number of carboxylic acids is 1. The van der Waals surface area contributed by atoms with Gasteiger partial charge in [0.25, 0.3) is 0 Å². The Labute approximate surface area is 143 Å². The van der Waals surface area contributed by atoms with Crippen molar-refractivity contribution in [3.8, 4) is 17.2 Å². The van der Waals surface area contributed by atoms with Gasteiger partial charge in [0.1, 0.15) is 5.82 Å². The number of nitriles is 1. The molecule has 2 heterocycles. The summed E-state index contributed by atoms with van der Waals surface area (Å²) in [5.74, 6) is -1.44. The molecule has 1 unspecified atom stereocenters. The summed E-state index contributed by atoms with van der Waals surface area (Å²) in [4.78, 5) is 19.4. The summed E-state index contributed by atoms with van der Waals surface area (Å²) in [6.07, 6.45) is 4.71. The number of dihydropyridines is 1. The minimum Gasteiger partial charge on any atom is -0.478 e. The molecule has 25 heavy (non-hydrogen) atoms. The fraction of sp³-hybridized carbons (Fsp3) is 0.158. The van der Waals surface area contributed by atoms with E-state index in [-0.39, 0.29) is 11.6 Å². The van der Waals surface area contributed by atoms with Crippen LogP contribution in [-0.4, -0.2) is 22.3 Å². The molecule has 0 saturated heterocycles. The van der Waals surface area contributed by atoms with Crippen LogP contribution in [0.25, 0.3) is 11.1 Å². The Balaban J connectivity index is 1.97. The maximum absolute atomic E-state index is 14.1. The average Bonchev–Trinajstić information content (AvgIpc) is 2.63. The zero-order valence-corrected chi connectivity index (χ0v) is 13.4. The van der Waals surface area contributed by atoms with Crippen LogP contribution in [0.3, 0.4) is 0 Å². The lowest BCUT2D eigenvalue weighted by Gasteiger charge is -2.15. The molecule has 124 valence electrons. The van der Waals surface area contributed by atoms with Gasteiger partial charge in [-0.05, 0) is 31.5 Å². The number of aromatic nitrogens is 1. The summed E-state index contributed by atoms with van der Waals surface area (Å²) in [6, 6.07) is 8.01. The van der Waals surface area contributed by atoms with Crippen molar-refractivity contribution in [3.05, 3.63) is 64.7 Å². The molecule has 1 aliphatic heterocycles. The molecule has 0 amide bonds. The number of halogens is 1. The fourth-order valence-corrected chi connectivity index (χ4v) is 2.67. The van der Waals surface area contributed by atoms with Gasteiger partial charge in [-0.1, -0.05) is 17.7 Å². The maximum atomic E-state index is 14.1. The van der Waals surface area contributed by atoms with Crippen molar-refractivity contribution in [2.45, 2.75) is 19.4 Å². The number of rotatable bonds is 3. The van der Waals surface area contributed by atoms with Gasteiger partial charge in [0.05, 0.1) is 28.9 Å². The first-order valence-electron chi connectivity index (χ1n) is 7.63. The van der Waals surface area contributed by atoms with Crippen LogP contribution in [0.1, 0.15) is 29.3 Å². The first kappa shape index (κ1) is 16.5. The molecular formula is C19H14FN3O2. The number of carboxylic acid groups (broad SMARTS) is 1. The molecule has 1 atom stereocenters. The van der Waals surface area contributed by atoms with Crippen molar-refractivity contribution in [2.75, 3.05) is 0 Å². The predicted molar refractivity (Wildman–Crippen MR) is 90.7 cm³/mol. The normalized spacial score (nSPS) is 16.2. The second-order valence-corrected chi connectivity index (χ2v) is 5.74. The smallest absolute Gasteiger partial charge is 0.336 e. The second kappa shape index (κ2) is 6.65. The monoisotopic (exact) mass is 335 g/mol. The van der Waals surface area contributed by atoms with E-state index in [0.29, 0.717) is 28.8 Å². The van der Waals surface area contributed by atoms with Crippen LogP contribution in [0.15, 0.2) is 47.1 Å². The molecule has 5 nitrogen and oxygen atoms in total. The average molecular weight is 335 g/mol. The molecule has 1 N–H and O–H groups in total. The van der Waals surface area contributed by atoms with Gasteiger partial charge in [0.2, 0.25) is 0 Å². The van der Waals surface area contributed by atoms with Crippen molar-refractivity contribution in [3.63, 3.8) is 0 Å². The zero-order chi connectivity index (χ0) is 18.0. The molecule has 0 fully saturated rings. The van der Waals surface area contributed by atoms with Gasteiger partial charge in [-0.2, -0.15) is 5.26 Å². The number of benzene rings is 1. The highest BCUT2D eigenvalue weighted by atomic mass is 19.1. The minimum atomic E-state index is -1.03. The lowest BCUT2D eigenvalue weighted by Crippen LogP contribution is -2.09. The number of hydrogen-bond donors (Lipinski definition) is 1. The topological polar surface area (TPSA) is 86.3 Å². The number of carbonyl (C=O) groups is 1. The maximum Gasteiger partial charge on any atom is 0.336 e. The Morgan fingerprint density at radius 1 is 1.36 bits per heavy atom. The Morgan fingerprint density at radius 3 is 2.80 bits per heavy atom. The molecule has 0 saturated carbocycles. The number of aliphatic carboxylic acids is 1. The number of hydrogen-bond acceptors (Lipinski definition) is 4. The van der Waals surface area contributed by atoms with E-state index >= 15 is 0 Å². The summed E-state index contributed by atoms with van der Waals surface area (Å²) in [7, 11) is 0. The van der Waals surface area contributed by atoms with Gasteiger partial charge in [-0.15, -0.1) is 0 Å². The Morgan fingerprint density at radius 2 is 2.16 bits per heavy atom. The third-order valence-corrected chi connectivity index (χ3v) is 4.00. The Bertz CT molecular complexity index is 958. The molecular weight excluding hydrogens is 321 g/mol.